The highest BCUT2D eigenvalue weighted by molar-refractivity contribution is 5.91. The molecule has 2 aromatic heterocycles. The summed E-state index contributed by atoms with van der Waals surface area (Å²) in [6, 6.07) is 14.5. The van der Waals surface area contributed by atoms with Crippen molar-refractivity contribution in [1.82, 2.24) is 19.9 Å². The van der Waals surface area contributed by atoms with Crippen LogP contribution in [0.25, 0.3) is 22.8 Å². The fraction of sp³-hybridized carbons (Fsp3) is 0.432. The van der Waals surface area contributed by atoms with E-state index in [1.54, 1.807) is 24.3 Å². The average Bonchev–Trinajstić information content (AvgIpc) is 3.05. The van der Waals surface area contributed by atoms with Gasteiger partial charge in [-0.1, -0.05) is 90.2 Å². The van der Waals surface area contributed by atoms with Crippen LogP contribution < -0.4 is 4.74 Å². The second-order valence-corrected chi connectivity index (χ2v) is 11.4. The summed E-state index contributed by atoms with van der Waals surface area (Å²) in [5.41, 5.74) is 4.55. The van der Waals surface area contributed by atoms with Crippen LogP contribution in [-0.4, -0.2) is 25.9 Å². The molecule has 0 amide bonds. The number of ether oxygens (including phenoxy) is 1. The first-order chi connectivity index (χ1) is 21.2. The van der Waals surface area contributed by atoms with Gasteiger partial charge in [0.15, 0.2) is 11.6 Å². The first-order valence-corrected chi connectivity index (χ1v) is 16.2. The lowest BCUT2D eigenvalue weighted by molar-refractivity contribution is 0.0735. The highest BCUT2D eigenvalue weighted by Gasteiger charge is 2.11. The molecule has 0 spiro atoms. The zero-order valence-electron chi connectivity index (χ0n) is 25.9. The van der Waals surface area contributed by atoms with Crippen molar-refractivity contribution < 1.29 is 9.53 Å². The predicted octanol–water partition coefficient (Wildman–Crippen LogP) is 9.63. The molecule has 0 unspecified atom stereocenters. The number of esters is 1. The van der Waals surface area contributed by atoms with Crippen molar-refractivity contribution in [2.45, 2.75) is 104 Å². The van der Waals surface area contributed by atoms with E-state index in [1.165, 1.54) is 82.6 Å². The minimum absolute atomic E-state index is 0.412. The number of nitrogens with zero attached hydrogens (tertiary/aromatic N) is 4. The van der Waals surface area contributed by atoms with Crippen LogP contribution in [0.1, 0.15) is 112 Å². The molecule has 0 aliphatic heterocycles. The second kappa shape index (κ2) is 17.9. The van der Waals surface area contributed by atoms with Gasteiger partial charge in [0.25, 0.3) is 0 Å². The Labute approximate surface area is 257 Å². The lowest BCUT2D eigenvalue weighted by Crippen LogP contribution is -2.08. The van der Waals surface area contributed by atoms with Gasteiger partial charge in [0, 0.05) is 35.9 Å². The van der Waals surface area contributed by atoms with Crippen molar-refractivity contribution in [3.05, 3.63) is 90.0 Å². The SMILES string of the molecule is CCCCCCCCc1cnc(-c2ccc(OC(=O)c3ccc(-c4ncc(CCCCCCCC)cn4)cc3)cc2)nc1. The number of carbonyl (C=O) groups is 1. The van der Waals surface area contributed by atoms with Crippen molar-refractivity contribution in [3.8, 4) is 28.5 Å². The van der Waals surface area contributed by atoms with Gasteiger partial charge in [-0.05, 0) is 73.2 Å². The lowest BCUT2D eigenvalue weighted by Gasteiger charge is -2.07. The van der Waals surface area contributed by atoms with Gasteiger partial charge in [-0.2, -0.15) is 0 Å². The summed E-state index contributed by atoms with van der Waals surface area (Å²) in [5.74, 6) is 1.38. The fourth-order valence-electron chi connectivity index (χ4n) is 5.08. The Balaban J connectivity index is 1.23. The summed E-state index contributed by atoms with van der Waals surface area (Å²) in [6.07, 6.45) is 25.0. The molecule has 0 saturated heterocycles. The maximum atomic E-state index is 12.8. The van der Waals surface area contributed by atoms with Crippen LogP contribution in [-0.2, 0) is 12.8 Å². The molecular formula is C37H46N4O2. The van der Waals surface area contributed by atoms with Crippen LogP contribution in [0.2, 0.25) is 0 Å². The van der Waals surface area contributed by atoms with Gasteiger partial charge in [0.2, 0.25) is 0 Å². The molecule has 0 aliphatic carbocycles. The molecule has 2 aromatic carbocycles. The van der Waals surface area contributed by atoms with Crippen molar-refractivity contribution in [2.75, 3.05) is 0 Å². The minimum atomic E-state index is -0.412. The zero-order chi connectivity index (χ0) is 30.1. The van der Waals surface area contributed by atoms with Gasteiger partial charge in [0.05, 0.1) is 5.56 Å². The summed E-state index contributed by atoms with van der Waals surface area (Å²) >= 11 is 0. The summed E-state index contributed by atoms with van der Waals surface area (Å²) in [5, 5.41) is 0. The Bertz CT molecular complexity index is 1350. The van der Waals surface area contributed by atoms with Gasteiger partial charge < -0.3 is 4.74 Å². The van der Waals surface area contributed by atoms with E-state index in [0.717, 1.165) is 29.5 Å². The van der Waals surface area contributed by atoms with Gasteiger partial charge in [-0.3, -0.25) is 0 Å². The molecule has 0 bridgehead atoms. The van der Waals surface area contributed by atoms with E-state index in [1.807, 2.05) is 49.1 Å². The third-order valence-electron chi connectivity index (χ3n) is 7.75. The van der Waals surface area contributed by atoms with E-state index in [-0.39, 0.29) is 0 Å². The normalized spacial score (nSPS) is 11.0. The Morgan fingerprint density at radius 2 is 0.930 bits per heavy atom. The first kappa shape index (κ1) is 32.0. The summed E-state index contributed by atoms with van der Waals surface area (Å²) in [4.78, 5) is 31.0. The highest BCUT2D eigenvalue weighted by atomic mass is 16.5. The standard InChI is InChI=1S/C37H46N4O2/c1-3-5-7-9-11-13-15-29-25-38-35(39-26-29)31-17-19-33(20-18-31)37(42)43-34-23-21-32(22-24-34)36-40-27-30(28-41-36)16-14-12-10-8-6-4-2/h17-28H,3-16H2,1-2H3. The Morgan fingerprint density at radius 3 is 1.37 bits per heavy atom. The summed E-state index contributed by atoms with van der Waals surface area (Å²) in [7, 11) is 0. The van der Waals surface area contributed by atoms with Crippen LogP contribution in [0.15, 0.2) is 73.3 Å². The predicted molar refractivity (Wildman–Crippen MR) is 174 cm³/mol. The Morgan fingerprint density at radius 1 is 0.535 bits per heavy atom. The van der Waals surface area contributed by atoms with Crippen molar-refractivity contribution in [2.24, 2.45) is 0 Å². The van der Waals surface area contributed by atoms with E-state index in [2.05, 4.69) is 33.8 Å². The van der Waals surface area contributed by atoms with Crippen molar-refractivity contribution in [3.63, 3.8) is 0 Å². The van der Waals surface area contributed by atoms with Gasteiger partial charge in [-0.25, -0.2) is 24.7 Å². The number of rotatable bonds is 18. The minimum Gasteiger partial charge on any atom is -0.423 e. The molecule has 226 valence electrons. The van der Waals surface area contributed by atoms with Crippen molar-refractivity contribution in [1.29, 1.82) is 0 Å². The summed E-state index contributed by atoms with van der Waals surface area (Å²) in [6.45, 7) is 4.48. The third kappa shape index (κ3) is 10.7. The number of aryl methyl sites for hydroxylation is 2. The highest BCUT2D eigenvalue weighted by Crippen LogP contribution is 2.22. The molecule has 0 saturated carbocycles. The molecule has 0 radical (unpaired) electrons. The Hall–Kier alpha value is -3.93. The maximum Gasteiger partial charge on any atom is 0.343 e. The molecule has 0 fully saturated rings. The van der Waals surface area contributed by atoms with Crippen LogP contribution >= 0.6 is 0 Å². The molecule has 0 aliphatic rings. The molecule has 6 heteroatoms. The number of carbonyl (C=O) groups excluding carboxylic acids is 1. The van der Waals surface area contributed by atoms with Crippen LogP contribution in [0, 0.1) is 0 Å². The van der Waals surface area contributed by atoms with Crippen molar-refractivity contribution >= 4 is 5.97 Å². The number of unbranched alkanes of at least 4 members (excludes halogenated alkanes) is 10. The van der Waals surface area contributed by atoms with Crippen LogP contribution in [0.3, 0.4) is 0 Å². The van der Waals surface area contributed by atoms with E-state index in [4.69, 9.17) is 4.74 Å². The molecule has 0 atom stereocenters. The lowest BCUT2D eigenvalue weighted by atomic mass is 10.1. The summed E-state index contributed by atoms with van der Waals surface area (Å²) < 4.78 is 5.61. The molecule has 43 heavy (non-hydrogen) atoms. The van der Waals surface area contributed by atoms with E-state index < -0.39 is 5.97 Å². The zero-order valence-corrected chi connectivity index (χ0v) is 25.9. The second-order valence-electron chi connectivity index (χ2n) is 11.4. The van der Waals surface area contributed by atoms with E-state index in [9.17, 15) is 4.79 Å². The molecular weight excluding hydrogens is 532 g/mol. The van der Waals surface area contributed by atoms with Gasteiger partial charge >= 0.3 is 5.97 Å². The van der Waals surface area contributed by atoms with E-state index >= 15 is 0 Å². The molecule has 0 N–H and O–H groups in total. The van der Waals surface area contributed by atoms with E-state index in [0.29, 0.717) is 23.0 Å². The average molecular weight is 579 g/mol. The monoisotopic (exact) mass is 578 g/mol. The number of hydrogen-bond acceptors (Lipinski definition) is 6. The molecule has 6 nitrogen and oxygen atoms in total. The largest absolute Gasteiger partial charge is 0.423 e. The number of hydrogen-bond donors (Lipinski definition) is 0. The quantitative estimate of drug-likeness (QED) is 0.0664. The van der Waals surface area contributed by atoms with Gasteiger partial charge in [0.1, 0.15) is 5.75 Å². The first-order valence-electron chi connectivity index (χ1n) is 16.2. The third-order valence-corrected chi connectivity index (χ3v) is 7.75. The smallest absolute Gasteiger partial charge is 0.343 e. The topological polar surface area (TPSA) is 77.9 Å². The fourth-order valence-corrected chi connectivity index (χ4v) is 5.08. The van der Waals surface area contributed by atoms with Crippen LogP contribution in [0.4, 0.5) is 0 Å². The molecule has 4 rings (SSSR count). The molecule has 2 heterocycles. The van der Waals surface area contributed by atoms with Gasteiger partial charge in [-0.15, -0.1) is 0 Å². The van der Waals surface area contributed by atoms with Crippen LogP contribution in [0.5, 0.6) is 5.75 Å². The Kier molecular flexibility index (Phi) is 13.3. The number of aromatic nitrogens is 4. The number of benzene rings is 2. The maximum absolute atomic E-state index is 12.8. The molecule has 4 aromatic rings.